The summed E-state index contributed by atoms with van der Waals surface area (Å²) in [6, 6.07) is 9.05. The highest BCUT2D eigenvalue weighted by Crippen LogP contribution is 2.39. The Balaban J connectivity index is 1.27. The van der Waals surface area contributed by atoms with Gasteiger partial charge >= 0.3 is 0 Å². The molecule has 0 spiro atoms. The molecule has 8 heteroatoms. The van der Waals surface area contributed by atoms with Crippen molar-refractivity contribution in [2.24, 2.45) is 0 Å². The maximum atomic E-state index is 13.2. The zero-order valence-electron chi connectivity index (χ0n) is 17.7. The summed E-state index contributed by atoms with van der Waals surface area (Å²) in [7, 11) is 0. The lowest BCUT2D eigenvalue weighted by Gasteiger charge is -2.32. The van der Waals surface area contributed by atoms with Crippen LogP contribution in [0, 0.1) is 5.82 Å². The van der Waals surface area contributed by atoms with E-state index in [-0.39, 0.29) is 17.6 Å². The maximum Gasteiger partial charge on any atom is 0.289 e. The fraction of sp³-hybridized carbons (Fsp3) is 0.333. The van der Waals surface area contributed by atoms with Gasteiger partial charge in [0.15, 0.2) is 5.76 Å². The second-order valence-corrected chi connectivity index (χ2v) is 9.43. The normalized spacial score (nSPS) is 16.2. The molecule has 2 N–H and O–H groups in total. The molecule has 2 amide bonds. The van der Waals surface area contributed by atoms with Crippen molar-refractivity contribution < 1.29 is 23.3 Å². The van der Waals surface area contributed by atoms with Crippen LogP contribution < -0.4 is 10.2 Å². The minimum atomic E-state index is -0.356. The van der Waals surface area contributed by atoms with Crippen LogP contribution in [0.5, 0.6) is 0 Å². The van der Waals surface area contributed by atoms with Crippen molar-refractivity contribution in [2.45, 2.75) is 25.8 Å². The topological polar surface area (TPSA) is 67.0 Å². The van der Waals surface area contributed by atoms with E-state index in [1.165, 1.54) is 51.4 Å². The number of rotatable bonds is 5. The van der Waals surface area contributed by atoms with E-state index in [0.29, 0.717) is 24.4 Å². The van der Waals surface area contributed by atoms with E-state index in [0.717, 1.165) is 43.9 Å². The number of benzene rings is 1. The van der Waals surface area contributed by atoms with Gasteiger partial charge in [-0.1, -0.05) is 0 Å². The average molecular weight is 455 g/mol. The molecule has 0 saturated carbocycles. The number of carbonyl (C=O) groups excluding carboxylic acids is 2. The van der Waals surface area contributed by atoms with Crippen LogP contribution in [0.2, 0.25) is 0 Å². The number of thiophene rings is 1. The molecule has 0 bridgehead atoms. The Morgan fingerprint density at radius 3 is 2.62 bits per heavy atom. The van der Waals surface area contributed by atoms with Crippen molar-refractivity contribution in [1.82, 2.24) is 4.90 Å². The Labute approximate surface area is 189 Å². The average Bonchev–Trinajstić information content (AvgIpc) is 3.54. The largest absolute Gasteiger partial charge is 0.459 e. The van der Waals surface area contributed by atoms with E-state index in [1.807, 2.05) is 4.90 Å². The molecule has 3 aromatic rings. The number of fused-ring (bicyclic) bond motifs is 1. The van der Waals surface area contributed by atoms with E-state index in [1.54, 1.807) is 23.5 Å². The van der Waals surface area contributed by atoms with Gasteiger partial charge in [0.25, 0.3) is 11.8 Å². The van der Waals surface area contributed by atoms with Gasteiger partial charge < -0.3 is 19.5 Å². The van der Waals surface area contributed by atoms with Crippen molar-refractivity contribution >= 4 is 28.2 Å². The third kappa shape index (κ3) is 4.20. The first kappa shape index (κ1) is 20.9. The highest BCUT2D eigenvalue weighted by Gasteiger charge is 2.30. The Bertz CT molecular complexity index is 1120. The Morgan fingerprint density at radius 2 is 1.91 bits per heavy atom. The zero-order valence-corrected chi connectivity index (χ0v) is 18.5. The summed E-state index contributed by atoms with van der Waals surface area (Å²) in [6.45, 7) is 3.88. The number of carbonyl (C=O) groups is 2. The molecule has 1 fully saturated rings. The highest BCUT2D eigenvalue weighted by molar-refractivity contribution is 7.16. The van der Waals surface area contributed by atoms with Gasteiger partial charge in [0, 0.05) is 16.0 Å². The zero-order chi connectivity index (χ0) is 22.1. The number of piperazine rings is 1. The smallest absolute Gasteiger partial charge is 0.289 e. The standard InChI is InChI=1S/C24H24FN3O3S/c25-17-8-6-16(7-9-17)22(29)26-23-19(18-3-1-5-21(18)32-23)15-27-10-12-28(13-11-27)24(30)20-4-2-14-31-20/h2,4,6-9,14H,1,3,5,10-13,15H2,(H,26,29)/p+1. The van der Waals surface area contributed by atoms with E-state index >= 15 is 0 Å². The lowest BCUT2D eigenvalue weighted by atomic mass is 10.1. The van der Waals surface area contributed by atoms with Crippen LogP contribution in [0.1, 0.15) is 43.3 Å². The van der Waals surface area contributed by atoms with Crippen LogP contribution in [0.15, 0.2) is 47.1 Å². The molecule has 2 aromatic heterocycles. The summed E-state index contributed by atoms with van der Waals surface area (Å²) in [6.07, 6.45) is 4.78. The van der Waals surface area contributed by atoms with E-state index in [2.05, 4.69) is 5.32 Å². The first-order valence-electron chi connectivity index (χ1n) is 10.9. The third-order valence-corrected chi connectivity index (χ3v) is 7.53. The molecule has 1 aliphatic carbocycles. The molecule has 2 aliphatic rings. The summed E-state index contributed by atoms with van der Waals surface area (Å²) < 4.78 is 18.5. The summed E-state index contributed by atoms with van der Waals surface area (Å²) >= 11 is 1.67. The molecule has 5 rings (SSSR count). The fourth-order valence-electron chi connectivity index (χ4n) is 4.54. The van der Waals surface area contributed by atoms with E-state index in [9.17, 15) is 14.0 Å². The molecule has 0 radical (unpaired) electrons. The van der Waals surface area contributed by atoms with E-state index < -0.39 is 0 Å². The molecule has 0 unspecified atom stereocenters. The van der Waals surface area contributed by atoms with Gasteiger partial charge in [-0.3, -0.25) is 9.59 Å². The second kappa shape index (κ2) is 8.88. The number of hydrogen-bond donors (Lipinski definition) is 2. The number of quaternary nitrogens is 1. The SMILES string of the molecule is O=C(Nc1sc2c(c1C[NH+]1CCN(C(=O)c3ccco3)CC1)CCC2)c1ccc(F)cc1. The summed E-state index contributed by atoms with van der Waals surface area (Å²) in [5.74, 6) is -0.242. The van der Waals surface area contributed by atoms with Crippen molar-refractivity contribution in [1.29, 1.82) is 0 Å². The monoisotopic (exact) mass is 454 g/mol. The van der Waals surface area contributed by atoms with Gasteiger partial charge in [0.1, 0.15) is 17.4 Å². The van der Waals surface area contributed by atoms with Gasteiger partial charge in [-0.05, 0) is 61.2 Å². The van der Waals surface area contributed by atoms with Gasteiger partial charge in [-0.2, -0.15) is 0 Å². The van der Waals surface area contributed by atoms with Gasteiger partial charge in [-0.25, -0.2) is 4.39 Å². The number of anilines is 1. The van der Waals surface area contributed by atoms with Crippen molar-refractivity contribution in [2.75, 3.05) is 31.5 Å². The van der Waals surface area contributed by atoms with Crippen LogP contribution in [0.3, 0.4) is 0 Å². The van der Waals surface area contributed by atoms with Gasteiger partial charge in [0.05, 0.1) is 32.4 Å². The number of amides is 2. The molecule has 0 atom stereocenters. The fourth-order valence-corrected chi connectivity index (χ4v) is 5.85. The lowest BCUT2D eigenvalue weighted by molar-refractivity contribution is -0.917. The van der Waals surface area contributed by atoms with Crippen molar-refractivity contribution in [3.05, 3.63) is 75.8 Å². The van der Waals surface area contributed by atoms with Gasteiger partial charge in [-0.15, -0.1) is 11.3 Å². The van der Waals surface area contributed by atoms with E-state index in [4.69, 9.17) is 4.42 Å². The number of nitrogens with one attached hydrogen (secondary N) is 2. The number of halogens is 1. The molecule has 6 nitrogen and oxygen atoms in total. The van der Waals surface area contributed by atoms with Crippen LogP contribution in [-0.4, -0.2) is 42.9 Å². The first-order chi connectivity index (χ1) is 15.6. The number of aryl methyl sites for hydroxylation is 1. The molecular formula is C24H25FN3O3S+. The van der Waals surface area contributed by atoms with Crippen molar-refractivity contribution in [3.63, 3.8) is 0 Å². The third-order valence-electron chi connectivity index (χ3n) is 6.28. The Hall–Kier alpha value is -2.97. The predicted octanol–water partition coefficient (Wildman–Crippen LogP) is 2.76. The minimum absolute atomic E-state index is 0.0577. The molecular weight excluding hydrogens is 429 g/mol. The highest BCUT2D eigenvalue weighted by atomic mass is 32.1. The maximum absolute atomic E-state index is 13.2. The summed E-state index contributed by atoms with van der Waals surface area (Å²) in [5, 5.41) is 3.99. The number of hydrogen-bond acceptors (Lipinski definition) is 4. The quantitative estimate of drug-likeness (QED) is 0.623. The molecule has 3 heterocycles. The summed E-state index contributed by atoms with van der Waals surface area (Å²) in [4.78, 5) is 29.9. The number of furan rings is 1. The first-order valence-corrected chi connectivity index (χ1v) is 11.8. The molecule has 1 aliphatic heterocycles. The molecule has 32 heavy (non-hydrogen) atoms. The lowest BCUT2D eigenvalue weighted by Crippen LogP contribution is -3.13. The predicted molar refractivity (Wildman–Crippen MR) is 120 cm³/mol. The van der Waals surface area contributed by atoms with Crippen LogP contribution in [0.25, 0.3) is 0 Å². The van der Waals surface area contributed by atoms with Gasteiger partial charge in [0.2, 0.25) is 0 Å². The van der Waals surface area contributed by atoms with Crippen molar-refractivity contribution in [3.8, 4) is 0 Å². The van der Waals surface area contributed by atoms with Crippen LogP contribution >= 0.6 is 11.3 Å². The Morgan fingerprint density at radius 1 is 1.12 bits per heavy atom. The molecule has 166 valence electrons. The molecule has 1 saturated heterocycles. The minimum Gasteiger partial charge on any atom is -0.459 e. The molecule has 1 aromatic carbocycles. The number of nitrogens with zero attached hydrogens (tertiary/aromatic N) is 1. The Kier molecular flexibility index (Phi) is 5.80. The summed E-state index contributed by atoms with van der Waals surface area (Å²) in [5.41, 5.74) is 3.05. The second-order valence-electron chi connectivity index (χ2n) is 8.32. The van der Waals surface area contributed by atoms with Crippen LogP contribution in [-0.2, 0) is 19.4 Å². The van der Waals surface area contributed by atoms with Crippen LogP contribution in [0.4, 0.5) is 9.39 Å².